The topological polar surface area (TPSA) is 130 Å². The molecule has 2 aromatic heterocycles. The van der Waals surface area contributed by atoms with Crippen LogP contribution in [-0.4, -0.2) is 67.5 Å². The second kappa shape index (κ2) is 17.4. The lowest BCUT2D eigenvalue weighted by Gasteiger charge is -2.18. The van der Waals surface area contributed by atoms with Gasteiger partial charge in [0.15, 0.2) is 5.13 Å². The molecule has 0 aliphatic carbocycles. The van der Waals surface area contributed by atoms with E-state index in [1.807, 2.05) is 64.4 Å². The van der Waals surface area contributed by atoms with E-state index in [1.165, 1.54) is 19.9 Å². The Morgan fingerprint density at radius 2 is 1.13 bits per heavy atom. The highest BCUT2D eigenvalue weighted by molar-refractivity contribution is 7.89. The van der Waals surface area contributed by atoms with Crippen molar-refractivity contribution in [3.63, 3.8) is 0 Å². The Kier molecular flexibility index (Phi) is 14.2. The predicted molar refractivity (Wildman–Crippen MR) is 193 cm³/mol. The maximum absolute atomic E-state index is 12.5. The molecule has 0 atom stereocenters. The van der Waals surface area contributed by atoms with Gasteiger partial charge in [0.1, 0.15) is 0 Å². The summed E-state index contributed by atoms with van der Waals surface area (Å²) < 4.78 is 52.7. The average Bonchev–Trinajstić information content (AvgIpc) is 3.72. The van der Waals surface area contributed by atoms with Gasteiger partial charge in [-0.25, -0.2) is 26.8 Å². The van der Waals surface area contributed by atoms with Crippen LogP contribution < -0.4 is 5.32 Å². The quantitative estimate of drug-likeness (QED) is 0.146. The zero-order chi connectivity index (χ0) is 34.8. The molecule has 0 saturated carbocycles. The predicted octanol–water partition coefficient (Wildman–Crippen LogP) is 7.23. The Morgan fingerprint density at radius 3 is 1.51 bits per heavy atom. The number of thiazole rings is 2. The summed E-state index contributed by atoms with van der Waals surface area (Å²) in [5.41, 5.74) is 3.37. The lowest BCUT2D eigenvalue weighted by molar-refractivity contribution is -0.116. The molecule has 0 fully saturated rings. The lowest BCUT2D eigenvalue weighted by Crippen LogP contribution is -2.30. The number of carbonyl (C=O) groups excluding carboxylic acids is 1. The molecule has 1 N–H and O–H groups in total. The molecule has 2 heterocycles. The van der Waals surface area contributed by atoms with Crippen LogP contribution in [0.4, 0.5) is 5.13 Å². The van der Waals surface area contributed by atoms with Crippen LogP contribution in [0.2, 0.25) is 0 Å². The van der Waals surface area contributed by atoms with E-state index in [-0.39, 0.29) is 16.7 Å². The van der Waals surface area contributed by atoms with Gasteiger partial charge in [-0.15, -0.1) is 22.7 Å². The number of carbonyl (C=O) groups is 1. The molecule has 0 spiro atoms. The number of nitrogens with zero attached hydrogens (tertiary/aromatic N) is 4. The number of aromatic nitrogens is 2. The minimum Gasteiger partial charge on any atom is -0.302 e. The van der Waals surface area contributed by atoms with Crippen LogP contribution in [0, 0.1) is 5.92 Å². The first-order chi connectivity index (χ1) is 22.3. The number of aryl methyl sites for hydroxylation is 1. The maximum Gasteiger partial charge on any atom is 0.243 e. The van der Waals surface area contributed by atoms with Crippen molar-refractivity contribution in [2.24, 2.45) is 5.92 Å². The minimum atomic E-state index is -3.46. The third-order valence-corrected chi connectivity index (χ3v) is 13.1. The molecule has 47 heavy (non-hydrogen) atoms. The van der Waals surface area contributed by atoms with E-state index in [4.69, 9.17) is 0 Å². The fourth-order valence-electron chi connectivity index (χ4n) is 4.63. The monoisotopic (exact) mass is 719 g/mol. The van der Waals surface area contributed by atoms with E-state index in [0.29, 0.717) is 48.3 Å². The van der Waals surface area contributed by atoms with Gasteiger partial charge >= 0.3 is 0 Å². The molecular weight excluding hydrogens is 675 g/mol. The molecule has 0 unspecified atom stereocenters. The number of hydrogen-bond donors (Lipinski definition) is 1. The second-order valence-corrected chi connectivity index (χ2v) is 16.6. The van der Waals surface area contributed by atoms with Crippen LogP contribution in [0.5, 0.6) is 0 Å². The second-order valence-electron chi connectivity index (χ2n) is 10.9. The van der Waals surface area contributed by atoms with Crippen molar-refractivity contribution in [1.82, 2.24) is 18.6 Å². The Bertz CT molecular complexity index is 1790. The first-order valence-electron chi connectivity index (χ1n) is 15.7. The average molecular weight is 720 g/mol. The smallest absolute Gasteiger partial charge is 0.243 e. The van der Waals surface area contributed by atoms with Crippen molar-refractivity contribution in [3.05, 3.63) is 64.3 Å². The lowest BCUT2D eigenvalue weighted by atomic mass is 10.1. The van der Waals surface area contributed by atoms with Crippen LogP contribution in [0.1, 0.15) is 59.9 Å². The van der Waals surface area contributed by atoms with Gasteiger partial charge in [-0.05, 0) is 36.6 Å². The number of sulfonamides is 2. The number of rotatable bonds is 14. The van der Waals surface area contributed by atoms with E-state index < -0.39 is 20.0 Å². The van der Waals surface area contributed by atoms with Crippen LogP contribution in [-0.2, 0) is 31.3 Å². The first-order valence-corrected chi connectivity index (χ1v) is 20.3. The van der Waals surface area contributed by atoms with Gasteiger partial charge < -0.3 is 5.32 Å². The highest BCUT2D eigenvalue weighted by atomic mass is 32.2. The summed E-state index contributed by atoms with van der Waals surface area (Å²) in [6, 6.07) is 13.6. The normalized spacial score (nSPS) is 12.0. The fraction of sp³-hybridized carbons (Fsp3) is 0.424. The van der Waals surface area contributed by atoms with Gasteiger partial charge in [0.25, 0.3) is 0 Å². The molecule has 0 aliphatic rings. The van der Waals surface area contributed by atoms with Gasteiger partial charge in [0.05, 0.1) is 26.2 Å². The third kappa shape index (κ3) is 10.00. The standard InChI is InChI=1S/C18H25N3O3S2.C15H20N2O2S2/c1-5-21(6-2)26(23,24)15-9-7-14(8-10-15)16-12-25-18(19-16)20-17(22)11-13(3)4;1-4-15-16-14(11-20-15)12-7-9-13(10-8-12)21(18,19)17(5-2)6-3/h7-10,12-13H,5-6,11H2,1-4H3,(H,19,20,22);7-11H,4-6H2,1-3H3. The van der Waals surface area contributed by atoms with Crippen molar-refractivity contribution in [1.29, 1.82) is 0 Å². The van der Waals surface area contributed by atoms with Crippen LogP contribution in [0.15, 0.2) is 69.1 Å². The van der Waals surface area contributed by atoms with Crippen molar-refractivity contribution in [2.75, 3.05) is 31.5 Å². The summed E-state index contributed by atoms with van der Waals surface area (Å²) in [5, 5.41) is 8.28. The highest BCUT2D eigenvalue weighted by Gasteiger charge is 2.22. The van der Waals surface area contributed by atoms with Crippen molar-refractivity contribution < 1.29 is 21.6 Å². The van der Waals surface area contributed by atoms with Crippen molar-refractivity contribution in [3.8, 4) is 22.5 Å². The van der Waals surface area contributed by atoms with E-state index in [1.54, 1.807) is 47.7 Å². The summed E-state index contributed by atoms with van der Waals surface area (Å²) >= 11 is 2.98. The van der Waals surface area contributed by atoms with Gasteiger partial charge in [-0.1, -0.05) is 72.7 Å². The molecule has 0 radical (unpaired) electrons. The van der Waals surface area contributed by atoms with Gasteiger partial charge in [-0.3, -0.25) is 4.79 Å². The molecule has 0 aliphatic heterocycles. The van der Waals surface area contributed by atoms with Crippen molar-refractivity contribution in [2.45, 2.75) is 71.1 Å². The highest BCUT2D eigenvalue weighted by Crippen LogP contribution is 2.27. The Balaban J connectivity index is 0.000000261. The Morgan fingerprint density at radius 1 is 0.702 bits per heavy atom. The maximum atomic E-state index is 12.5. The van der Waals surface area contributed by atoms with E-state index in [9.17, 15) is 21.6 Å². The first kappa shape index (κ1) is 38.4. The summed E-state index contributed by atoms with van der Waals surface area (Å²) in [6.07, 6.45) is 1.37. The largest absolute Gasteiger partial charge is 0.302 e. The number of benzene rings is 2. The molecule has 10 nitrogen and oxygen atoms in total. The van der Waals surface area contributed by atoms with Gasteiger partial charge in [-0.2, -0.15) is 8.61 Å². The number of amides is 1. The summed E-state index contributed by atoms with van der Waals surface area (Å²) in [5.74, 6) is 0.233. The Hall–Kier alpha value is -3.01. The molecule has 4 aromatic rings. The zero-order valence-electron chi connectivity index (χ0n) is 28.1. The van der Waals surface area contributed by atoms with E-state index in [0.717, 1.165) is 28.2 Å². The summed E-state index contributed by atoms with van der Waals surface area (Å²) in [4.78, 5) is 21.4. The number of hydrogen-bond acceptors (Lipinski definition) is 9. The molecule has 1 amide bonds. The molecule has 0 saturated heterocycles. The van der Waals surface area contributed by atoms with Gasteiger partial charge in [0.2, 0.25) is 26.0 Å². The molecule has 2 aromatic carbocycles. The number of nitrogens with one attached hydrogen (secondary N) is 1. The summed E-state index contributed by atoms with van der Waals surface area (Å²) in [6.45, 7) is 15.2. The van der Waals surface area contributed by atoms with Gasteiger partial charge in [0, 0.05) is 54.5 Å². The van der Waals surface area contributed by atoms with Crippen LogP contribution >= 0.6 is 22.7 Å². The molecule has 14 heteroatoms. The van der Waals surface area contributed by atoms with E-state index >= 15 is 0 Å². The molecular formula is C33H45N5O5S4. The summed E-state index contributed by atoms with van der Waals surface area (Å²) in [7, 11) is -6.85. The van der Waals surface area contributed by atoms with E-state index in [2.05, 4.69) is 22.2 Å². The van der Waals surface area contributed by atoms with Crippen LogP contribution in [0.3, 0.4) is 0 Å². The SMILES string of the molecule is CCN(CC)S(=O)(=O)c1ccc(-c2csc(NC(=O)CC(C)C)n2)cc1.CCc1nc(-c2ccc(S(=O)(=O)N(CC)CC)cc2)cs1. The number of anilines is 1. The Labute approximate surface area is 288 Å². The zero-order valence-corrected chi connectivity index (χ0v) is 31.3. The third-order valence-electron chi connectivity index (χ3n) is 7.18. The molecule has 0 bridgehead atoms. The van der Waals surface area contributed by atoms with Crippen molar-refractivity contribution >= 4 is 53.8 Å². The van der Waals surface area contributed by atoms with Crippen LogP contribution in [0.25, 0.3) is 22.5 Å². The molecule has 256 valence electrons. The fourth-order valence-corrected chi connectivity index (χ4v) is 9.04. The molecule has 4 rings (SSSR count). The minimum absolute atomic E-state index is 0.0541.